The van der Waals surface area contributed by atoms with E-state index in [0.29, 0.717) is 12.2 Å². The molecule has 1 atom stereocenters. The maximum atomic E-state index is 6.23. The number of ether oxygens (including phenoxy) is 1. The minimum Gasteiger partial charge on any atom is -0.496 e. The number of nitrogens with two attached hydrogens (primary N) is 2. The number of benzene rings is 1. The first kappa shape index (κ1) is 13.4. The van der Waals surface area contributed by atoms with Gasteiger partial charge in [-0.3, -0.25) is 0 Å². The van der Waals surface area contributed by atoms with Crippen LogP contribution in [-0.2, 0) is 6.42 Å². The molecule has 0 bridgehead atoms. The van der Waals surface area contributed by atoms with Crippen LogP contribution in [0.4, 0.5) is 5.82 Å². The van der Waals surface area contributed by atoms with Crippen molar-refractivity contribution in [3.63, 3.8) is 0 Å². The van der Waals surface area contributed by atoms with E-state index in [4.69, 9.17) is 16.2 Å². The largest absolute Gasteiger partial charge is 0.496 e. The molecule has 0 spiro atoms. The van der Waals surface area contributed by atoms with Crippen LogP contribution in [-0.4, -0.2) is 12.1 Å². The summed E-state index contributed by atoms with van der Waals surface area (Å²) < 4.78 is 5.25. The quantitative estimate of drug-likeness (QED) is 0.880. The summed E-state index contributed by atoms with van der Waals surface area (Å²) in [6.45, 7) is 2.01. The number of hydrogen-bond donors (Lipinski definition) is 2. The lowest BCUT2D eigenvalue weighted by molar-refractivity contribution is 0.411. The molecule has 1 aromatic carbocycles. The van der Waals surface area contributed by atoms with E-state index in [2.05, 4.69) is 11.1 Å². The average Bonchev–Trinajstić information content (AvgIpc) is 2.41. The Kier molecular flexibility index (Phi) is 4.02. The Labute approximate surface area is 113 Å². The van der Waals surface area contributed by atoms with Crippen LogP contribution in [0.1, 0.15) is 22.7 Å². The first-order valence-corrected chi connectivity index (χ1v) is 6.21. The van der Waals surface area contributed by atoms with Gasteiger partial charge in [0.25, 0.3) is 0 Å². The van der Waals surface area contributed by atoms with Crippen LogP contribution in [0.2, 0.25) is 0 Å². The van der Waals surface area contributed by atoms with E-state index >= 15 is 0 Å². The summed E-state index contributed by atoms with van der Waals surface area (Å²) in [4.78, 5) is 4.07. The lowest BCUT2D eigenvalue weighted by Crippen LogP contribution is -2.15. The van der Waals surface area contributed by atoms with Crippen molar-refractivity contribution in [2.24, 2.45) is 5.73 Å². The van der Waals surface area contributed by atoms with Crippen LogP contribution in [0.15, 0.2) is 36.5 Å². The number of nitrogens with zero attached hydrogens (tertiary/aromatic N) is 1. The molecule has 19 heavy (non-hydrogen) atoms. The van der Waals surface area contributed by atoms with Crippen LogP contribution in [0.25, 0.3) is 0 Å². The summed E-state index contributed by atoms with van der Waals surface area (Å²) in [6.07, 6.45) is 2.35. The maximum absolute atomic E-state index is 6.23. The molecule has 2 aromatic rings. The standard InChI is InChI=1S/C15H19N3O/c1-10-8-11(5-6-14(10)19-2)13(16)9-12-4-3-7-18-15(12)17/h3-8,13H,9,16H2,1-2H3,(H2,17,18). The van der Waals surface area contributed by atoms with Crippen molar-refractivity contribution in [3.8, 4) is 5.75 Å². The van der Waals surface area contributed by atoms with E-state index < -0.39 is 0 Å². The normalized spacial score (nSPS) is 12.2. The van der Waals surface area contributed by atoms with E-state index in [1.165, 1.54) is 0 Å². The van der Waals surface area contributed by atoms with Gasteiger partial charge in [0.05, 0.1) is 7.11 Å². The zero-order valence-electron chi connectivity index (χ0n) is 11.3. The van der Waals surface area contributed by atoms with E-state index in [1.54, 1.807) is 13.3 Å². The lowest BCUT2D eigenvalue weighted by atomic mass is 9.98. The van der Waals surface area contributed by atoms with Gasteiger partial charge in [-0.2, -0.15) is 0 Å². The Morgan fingerprint density at radius 3 is 2.74 bits per heavy atom. The van der Waals surface area contributed by atoms with Crippen LogP contribution in [0.3, 0.4) is 0 Å². The van der Waals surface area contributed by atoms with E-state index in [0.717, 1.165) is 22.4 Å². The molecule has 0 aliphatic carbocycles. The minimum absolute atomic E-state index is 0.101. The first-order chi connectivity index (χ1) is 9.11. The SMILES string of the molecule is COc1ccc(C(N)Cc2cccnc2N)cc1C. The first-order valence-electron chi connectivity index (χ1n) is 6.21. The number of aromatic nitrogens is 1. The van der Waals surface area contributed by atoms with Gasteiger partial charge in [-0.25, -0.2) is 4.98 Å². The van der Waals surface area contributed by atoms with Gasteiger partial charge in [0.2, 0.25) is 0 Å². The highest BCUT2D eigenvalue weighted by molar-refractivity contribution is 5.41. The van der Waals surface area contributed by atoms with Crippen LogP contribution in [0.5, 0.6) is 5.75 Å². The Morgan fingerprint density at radius 2 is 2.11 bits per heavy atom. The van der Waals surface area contributed by atoms with E-state index in [1.807, 2.05) is 31.2 Å². The monoisotopic (exact) mass is 257 g/mol. The number of methoxy groups -OCH3 is 1. The fourth-order valence-electron chi connectivity index (χ4n) is 2.11. The van der Waals surface area contributed by atoms with Crippen molar-refractivity contribution < 1.29 is 4.74 Å². The molecule has 0 aliphatic heterocycles. The molecule has 1 heterocycles. The zero-order chi connectivity index (χ0) is 13.8. The molecule has 0 aliphatic rings. The average molecular weight is 257 g/mol. The molecule has 4 nitrogen and oxygen atoms in total. The number of pyridine rings is 1. The summed E-state index contributed by atoms with van der Waals surface area (Å²) in [5.74, 6) is 1.42. The van der Waals surface area contributed by atoms with Crippen LogP contribution >= 0.6 is 0 Å². The minimum atomic E-state index is -0.101. The van der Waals surface area contributed by atoms with Gasteiger partial charge in [-0.05, 0) is 42.2 Å². The fourth-order valence-corrected chi connectivity index (χ4v) is 2.11. The fraction of sp³-hybridized carbons (Fsp3) is 0.267. The highest BCUT2D eigenvalue weighted by atomic mass is 16.5. The second-order valence-corrected chi connectivity index (χ2v) is 4.59. The third kappa shape index (κ3) is 3.03. The molecule has 1 aromatic heterocycles. The van der Waals surface area contributed by atoms with Gasteiger partial charge in [-0.15, -0.1) is 0 Å². The molecular weight excluding hydrogens is 238 g/mol. The summed E-state index contributed by atoms with van der Waals surface area (Å²) in [5, 5.41) is 0. The van der Waals surface area contributed by atoms with Gasteiger partial charge in [0, 0.05) is 12.2 Å². The van der Waals surface area contributed by atoms with E-state index in [9.17, 15) is 0 Å². The molecule has 100 valence electrons. The number of anilines is 1. The Balaban J connectivity index is 2.18. The molecule has 0 saturated heterocycles. The summed E-state index contributed by atoms with van der Waals surface area (Å²) >= 11 is 0. The highest BCUT2D eigenvalue weighted by Crippen LogP contribution is 2.24. The van der Waals surface area contributed by atoms with Gasteiger partial charge in [-0.1, -0.05) is 18.2 Å². The second-order valence-electron chi connectivity index (χ2n) is 4.59. The predicted molar refractivity (Wildman–Crippen MR) is 77.0 cm³/mol. The molecule has 0 amide bonds. The molecular formula is C15H19N3O. The Bertz CT molecular complexity index is 569. The third-order valence-corrected chi connectivity index (χ3v) is 3.21. The molecule has 4 N–H and O–H groups in total. The smallest absolute Gasteiger partial charge is 0.126 e. The highest BCUT2D eigenvalue weighted by Gasteiger charge is 2.11. The van der Waals surface area contributed by atoms with Crippen molar-refractivity contribution >= 4 is 5.82 Å². The lowest BCUT2D eigenvalue weighted by Gasteiger charge is -2.15. The topological polar surface area (TPSA) is 74.2 Å². The number of aryl methyl sites for hydroxylation is 1. The van der Waals surface area contributed by atoms with Crippen LogP contribution in [0, 0.1) is 6.92 Å². The number of hydrogen-bond acceptors (Lipinski definition) is 4. The van der Waals surface area contributed by atoms with Crippen molar-refractivity contribution in [1.29, 1.82) is 0 Å². The summed E-state index contributed by atoms with van der Waals surface area (Å²) in [6, 6.07) is 9.71. The molecule has 0 fully saturated rings. The van der Waals surface area contributed by atoms with Crippen molar-refractivity contribution in [3.05, 3.63) is 53.2 Å². The van der Waals surface area contributed by atoms with E-state index in [-0.39, 0.29) is 6.04 Å². The predicted octanol–water partition coefficient (Wildman–Crippen LogP) is 2.22. The van der Waals surface area contributed by atoms with Crippen molar-refractivity contribution in [2.75, 3.05) is 12.8 Å². The Morgan fingerprint density at radius 1 is 1.32 bits per heavy atom. The van der Waals surface area contributed by atoms with Gasteiger partial charge < -0.3 is 16.2 Å². The molecule has 4 heteroatoms. The molecule has 0 radical (unpaired) electrons. The summed E-state index contributed by atoms with van der Waals surface area (Å²) in [5.41, 5.74) is 15.2. The molecule has 2 rings (SSSR count). The number of nitrogen functional groups attached to an aromatic ring is 1. The molecule has 1 unspecified atom stereocenters. The zero-order valence-corrected chi connectivity index (χ0v) is 11.3. The van der Waals surface area contributed by atoms with Gasteiger partial charge in [0.1, 0.15) is 11.6 Å². The van der Waals surface area contributed by atoms with Gasteiger partial charge in [0.15, 0.2) is 0 Å². The van der Waals surface area contributed by atoms with Gasteiger partial charge >= 0.3 is 0 Å². The third-order valence-electron chi connectivity index (χ3n) is 3.21. The van der Waals surface area contributed by atoms with Crippen molar-refractivity contribution in [2.45, 2.75) is 19.4 Å². The summed E-state index contributed by atoms with van der Waals surface area (Å²) in [7, 11) is 1.66. The second kappa shape index (κ2) is 5.71. The van der Waals surface area contributed by atoms with Crippen LogP contribution < -0.4 is 16.2 Å². The van der Waals surface area contributed by atoms with Crippen molar-refractivity contribution in [1.82, 2.24) is 4.98 Å². The maximum Gasteiger partial charge on any atom is 0.126 e. The Hall–Kier alpha value is -2.07. The molecule has 0 saturated carbocycles. The number of rotatable bonds is 4.